The number of hydrogen-bond donors (Lipinski definition) is 2. The van der Waals surface area contributed by atoms with Gasteiger partial charge in [-0.1, -0.05) is 35.9 Å². The number of carbonyl (C=O) groups excluding carboxylic acids is 3. The second-order valence-corrected chi connectivity index (χ2v) is 8.30. The maximum atomic E-state index is 14.5. The maximum Gasteiger partial charge on any atom is 0.349 e. The number of likely N-dealkylation sites (N-methyl/N-ethyl adjacent to an activating group) is 1. The molecular weight excluding hydrogens is 464 g/mol. The van der Waals surface area contributed by atoms with Gasteiger partial charge in [0.25, 0.3) is 5.91 Å². The van der Waals surface area contributed by atoms with Crippen LogP contribution >= 0.6 is 11.6 Å². The number of aromatic nitrogens is 1. The second kappa shape index (κ2) is 10.7. The van der Waals surface area contributed by atoms with Crippen molar-refractivity contribution in [1.29, 1.82) is 0 Å². The highest BCUT2D eigenvalue weighted by atomic mass is 35.5. The van der Waals surface area contributed by atoms with Crippen LogP contribution in [0, 0.1) is 6.92 Å². The normalized spacial score (nSPS) is 12.3. The van der Waals surface area contributed by atoms with Gasteiger partial charge in [-0.2, -0.15) is 8.78 Å². The van der Waals surface area contributed by atoms with E-state index in [4.69, 9.17) is 11.6 Å². The Morgan fingerprint density at radius 1 is 1.15 bits per heavy atom. The van der Waals surface area contributed by atoms with Crippen molar-refractivity contribution in [2.45, 2.75) is 38.2 Å². The summed E-state index contributed by atoms with van der Waals surface area (Å²) in [6.45, 7) is 1.66. The number of nitrogens with one attached hydrogen (secondary N) is 2. The van der Waals surface area contributed by atoms with Gasteiger partial charge in [0.1, 0.15) is 6.29 Å². The Balaban J connectivity index is 1.79. The fourth-order valence-corrected chi connectivity index (χ4v) is 3.83. The van der Waals surface area contributed by atoms with Gasteiger partial charge >= 0.3 is 5.92 Å². The zero-order valence-electron chi connectivity index (χ0n) is 18.7. The van der Waals surface area contributed by atoms with Gasteiger partial charge in [-0.05, 0) is 48.7 Å². The van der Waals surface area contributed by atoms with E-state index in [-0.39, 0.29) is 18.9 Å². The fraction of sp³-hybridized carbons (Fsp3) is 0.280. The summed E-state index contributed by atoms with van der Waals surface area (Å²) in [5, 5.41) is 5.94. The third-order valence-electron chi connectivity index (χ3n) is 5.57. The predicted octanol–water partition coefficient (Wildman–Crippen LogP) is 4.41. The number of aldehydes is 1. The van der Waals surface area contributed by atoms with Gasteiger partial charge in [-0.25, -0.2) is 0 Å². The Morgan fingerprint density at radius 2 is 1.85 bits per heavy atom. The van der Waals surface area contributed by atoms with E-state index >= 15 is 0 Å². The molecule has 0 aliphatic rings. The molecule has 9 heteroatoms. The van der Waals surface area contributed by atoms with E-state index in [1.165, 1.54) is 19.2 Å². The molecule has 178 valence electrons. The van der Waals surface area contributed by atoms with Crippen molar-refractivity contribution in [1.82, 2.24) is 15.6 Å². The van der Waals surface area contributed by atoms with Crippen LogP contribution in [0.5, 0.6) is 0 Å². The van der Waals surface area contributed by atoms with E-state index in [2.05, 4.69) is 15.6 Å². The van der Waals surface area contributed by atoms with Crippen molar-refractivity contribution in [2.24, 2.45) is 0 Å². The monoisotopic (exact) mass is 487 g/mol. The number of aryl methyl sites for hydroxylation is 1. The smallest absolute Gasteiger partial charge is 0.349 e. The summed E-state index contributed by atoms with van der Waals surface area (Å²) in [6.07, 6.45) is 1.38. The summed E-state index contributed by atoms with van der Waals surface area (Å²) in [5.41, 5.74) is 2.09. The molecule has 2 N–H and O–H groups in total. The molecule has 1 aromatic heterocycles. The van der Waals surface area contributed by atoms with Crippen molar-refractivity contribution in [3.8, 4) is 0 Å². The van der Waals surface area contributed by atoms with Gasteiger partial charge in [0.05, 0.1) is 11.4 Å². The van der Waals surface area contributed by atoms with Crippen LogP contribution in [0.25, 0.3) is 10.9 Å². The number of benzene rings is 2. The highest BCUT2D eigenvalue weighted by molar-refractivity contribution is 6.30. The fourth-order valence-electron chi connectivity index (χ4n) is 3.71. The first-order valence-corrected chi connectivity index (χ1v) is 11.0. The number of rotatable bonds is 9. The lowest BCUT2D eigenvalue weighted by Crippen LogP contribution is -2.37. The quantitative estimate of drug-likeness (QED) is 0.437. The summed E-state index contributed by atoms with van der Waals surface area (Å²) in [6, 6.07) is 11.8. The molecule has 2 amide bonds. The number of fused-ring (bicyclic) bond motifs is 1. The number of nitrogens with zero attached hydrogens (tertiary/aromatic N) is 1. The van der Waals surface area contributed by atoms with Crippen molar-refractivity contribution >= 4 is 40.6 Å². The van der Waals surface area contributed by atoms with E-state index in [0.29, 0.717) is 28.2 Å². The Kier molecular flexibility index (Phi) is 7.94. The molecule has 0 aliphatic carbocycles. The SMILES string of the molecule is CNC(=O)C(CCC=O)c1cc2ccc(CNC(=O)C(F)(F)c3ccc(Cl)cc3)cc2nc1C. The summed E-state index contributed by atoms with van der Waals surface area (Å²) >= 11 is 5.73. The van der Waals surface area contributed by atoms with Gasteiger partial charge < -0.3 is 15.4 Å². The van der Waals surface area contributed by atoms with Crippen LogP contribution < -0.4 is 10.6 Å². The molecule has 0 saturated carbocycles. The standard InChI is InChI=1S/C25H24ClF2N3O3/c1-15-21(20(4-3-11-32)23(33)29-2)13-17-6-5-16(12-22(17)31-15)14-30-24(34)25(27,28)18-7-9-19(26)10-8-18/h5-13,20H,3-4,14H2,1-2H3,(H,29,33)(H,30,34). The van der Waals surface area contributed by atoms with Crippen molar-refractivity contribution in [3.63, 3.8) is 0 Å². The third-order valence-corrected chi connectivity index (χ3v) is 5.82. The van der Waals surface area contributed by atoms with Gasteiger partial charge in [-0.3, -0.25) is 14.6 Å². The number of carbonyl (C=O) groups is 3. The van der Waals surface area contributed by atoms with Gasteiger partial charge in [-0.15, -0.1) is 0 Å². The minimum Gasteiger partial charge on any atom is -0.359 e. The molecular formula is C25H24ClF2N3O3. The lowest BCUT2D eigenvalue weighted by atomic mass is 9.91. The van der Waals surface area contributed by atoms with E-state index in [9.17, 15) is 23.2 Å². The van der Waals surface area contributed by atoms with E-state index in [0.717, 1.165) is 29.4 Å². The minimum atomic E-state index is -3.71. The van der Waals surface area contributed by atoms with Crippen LogP contribution in [-0.2, 0) is 26.9 Å². The highest BCUT2D eigenvalue weighted by Crippen LogP contribution is 2.30. The predicted molar refractivity (Wildman–Crippen MR) is 126 cm³/mol. The Labute approximate surface area is 200 Å². The van der Waals surface area contributed by atoms with Crippen molar-refractivity contribution in [2.75, 3.05) is 7.05 Å². The van der Waals surface area contributed by atoms with Crippen LogP contribution in [0.1, 0.15) is 41.1 Å². The average Bonchev–Trinajstić information content (AvgIpc) is 2.82. The third kappa shape index (κ3) is 5.56. The molecule has 0 aliphatic heterocycles. The van der Waals surface area contributed by atoms with Gasteiger partial charge in [0.2, 0.25) is 5.91 Å². The van der Waals surface area contributed by atoms with Crippen molar-refractivity contribution in [3.05, 3.63) is 75.9 Å². The molecule has 1 heterocycles. The van der Waals surface area contributed by atoms with Gasteiger partial charge in [0.15, 0.2) is 0 Å². The second-order valence-electron chi connectivity index (χ2n) is 7.86. The molecule has 34 heavy (non-hydrogen) atoms. The summed E-state index contributed by atoms with van der Waals surface area (Å²) in [4.78, 5) is 39.9. The largest absolute Gasteiger partial charge is 0.359 e. The first-order valence-electron chi connectivity index (χ1n) is 10.6. The molecule has 6 nitrogen and oxygen atoms in total. The molecule has 1 atom stereocenters. The lowest BCUT2D eigenvalue weighted by Gasteiger charge is -2.18. The van der Waals surface area contributed by atoms with Crippen LogP contribution in [0.15, 0.2) is 48.5 Å². The molecule has 0 fully saturated rings. The molecule has 0 bridgehead atoms. The zero-order valence-corrected chi connectivity index (χ0v) is 19.5. The zero-order chi connectivity index (χ0) is 24.9. The lowest BCUT2D eigenvalue weighted by molar-refractivity contribution is -0.147. The Bertz CT molecular complexity index is 1220. The average molecular weight is 488 g/mol. The van der Waals surface area contributed by atoms with E-state index in [1.807, 2.05) is 6.07 Å². The maximum absolute atomic E-state index is 14.5. The van der Waals surface area contributed by atoms with Crippen LogP contribution in [0.2, 0.25) is 5.02 Å². The molecule has 3 aromatic rings. The number of halogens is 3. The molecule has 2 aromatic carbocycles. The number of hydrogen-bond acceptors (Lipinski definition) is 4. The Hall–Kier alpha value is -3.39. The summed E-state index contributed by atoms with van der Waals surface area (Å²) in [7, 11) is 1.54. The highest BCUT2D eigenvalue weighted by Gasteiger charge is 2.40. The van der Waals surface area contributed by atoms with E-state index in [1.54, 1.807) is 25.1 Å². The van der Waals surface area contributed by atoms with Gasteiger partial charge in [0, 0.05) is 41.7 Å². The molecule has 1 unspecified atom stereocenters. The van der Waals surface area contributed by atoms with Crippen LogP contribution in [0.4, 0.5) is 8.78 Å². The number of alkyl halides is 2. The van der Waals surface area contributed by atoms with Crippen molar-refractivity contribution < 1.29 is 23.2 Å². The van der Waals surface area contributed by atoms with E-state index < -0.39 is 23.3 Å². The molecule has 0 saturated heterocycles. The number of pyridine rings is 1. The minimum absolute atomic E-state index is 0.110. The number of amides is 2. The first-order chi connectivity index (χ1) is 16.2. The summed E-state index contributed by atoms with van der Waals surface area (Å²) < 4.78 is 28.9. The molecule has 0 radical (unpaired) electrons. The molecule has 3 rings (SSSR count). The van der Waals surface area contributed by atoms with Crippen LogP contribution in [-0.4, -0.2) is 30.1 Å². The summed E-state index contributed by atoms with van der Waals surface area (Å²) in [5.74, 6) is -5.84. The topological polar surface area (TPSA) is 88.2 Å². The first kappa shape index (κ1) is 25.2. The Morgan fingerprint density at radius 3 is 2.50 bits per heavy atom. The molecule has 0 spiro atoms. The van der Waals surface area contributed by atoms with Crippen LogP contribution in [0.3, 0.4) is 0 Å².